The number of hydrogen-bond donors (Lipinski definition) is 2. The summed E-state index contributed by atoms with van der Waals surface area (Å²) >= 11 is 0. The largest absolute Gasteiger partial charge is 0.480 e. The summed E-state index contributed by atoms with van der Waals surface area (Å²) in [5.41, 5.74) is 0. The molecule has 1 rings (SSSR count). The van der Waals surface area contributed by atoms with Crippen molar-refractivity contribution in [3.63, 3.8) is 0 Å². The third kappa shape index (κ3) is 5.16. The van der Waals surface area contributed by atoms with E-state index in [1.54, 1.807) is 6.92 Å². The van der Waals surface area contributed by atoms with Gasteiger partial charge in [-0.2, -0.15) is 0 Å². The zero-order valence-electron chi connectivity index (χ0n) is 11.8. The molecule has 3 atom stereocenters. The molecule has 20 heavy (non-hydrogen) atoms. The van der Waals surface area contributed by atoms with E-state index in [1.807, 2.05) is 6.92 Å². The van der Waals surface area contributed by atoms with Gasteiger partial charge >= 0.3 is 11.9 Å². The highest BCUT2D eigenvalue weighted by Crippen LogP contribution is 2.19. The van der Waals surface area contributed by atoms with Gasteiger partial charge in [0.1, 0.15) is 6.04 Å². The van der Waals surface area contributed by atoms with E-state index in [0.717, 1.165) is 0 Å². The molecule has 7 nitrogen and oxygen atoms in total. The fourth-order valence-electron chi connectivity index (χ4n) is 2.04. The van der Waals surface area contributed by atoms with E-state index in [1.165, 1.54) is 0 Å². The van der Waals surface area contributed by atoms with Crippen LogP contribution in [0.1, 0.15) is 33.1 Å². The topological polar surface area (TPSA) is 102 Å². The summed E-state index contributed by atoms with van der Waals surface area (Å²) in [6.07, 6.45) is 0.565. The number of ether oxygens (including phenoxy) is 2. The van der Waals surface area contributed by atoms with Gasteiger partial charge in [0.05, 0.1) is 25.2 Å². The van der Waals surface area contributed by atoms with E-state index in [-0.39, 0.29) is 37.4 Å². The molecule has 1 heterocycles. The van der Waals surface area contributed by atoms with Gasteiger partial charge in [0.2, 0.25) is 5.91 Å². The van der Waals surface area contributed by atoms with Crippen LogP contribution in [0.2, 0.25) is 0 Å². The molecule has 0 aromatic heterocycles. The van der Waals surface area contributed by atoms with Crippen molar-refractivity contribution in [3.05, 3.63) is 0 Å². The van der Waals surface area contributed by atoms with Gasteiger partial charge in [0.15, 0.2) is 0 Å². The Labute approximate surface area is 117 Å². The summed E-state index contributed by atoms with van der Waals surface area (Å²) in [5.74, 6) is -2.29. The predicted octanol–water partition coefficient (Wildman–Crippen LogP) is 0.324. The Morgan fingerprint density at radius 2 is 2.15 bits per heavy atom. The fraction of sp³-hybridized carbons (Fsp3) is 0.769. The Bertz CT molecular complexity index is 370. The van der Waals surface area contributed by atoms with Crippen LogP contribution in [-0.4, -0.2) is 48.3 Å². The third-order valence-corrected chi connectivity index (χ3v) is 3.13. The molecular weight excluding hydrogens is 266 g/mol. The minimum absolute atomic E-state index is 0.00793. The minimum atomic E-state index is -1.16. The molecule has 0 saturated carbocycles. The lowest BCUT2D eigenvalue weighted by Gasteiger charge is -2.16. The van der Waals surface area contributed by atoms with Crippen LogP contribution >= 0.6 is 0 Å². The zero-order valence-corrected chi connectivity index (χ0v) is 11.8. The second-order valence-electron chi connectivity index (χ2n) is 4.82. The number of carbonyl (C=O) groups is 3. The lowest BCUT2D eigenvalue weighted by molar-refractivity contribution is -0.145. The summed E-state index contributed by atoms with van der Waals surface area (Å²) in [4.78, 5) is 34.2. The molecule has 0 spiro atoms. The van der Waals surface area contributed by atoms with Crippen LogP contribution in [-0.2, 0) is 23.9 Å². The quantitative estimate of drug-likeness (QED) is 0.654. The van der Waals surface area contributed by atoms with Crippen LogP contribution in [0.15, 0.2) is 0 Å². The number of nitrogens with one attached hydrogen (secondary N) is 1. The van der Waals surface area contributed by atoms with Crippen molar-refractivity contribution in [3.8, 4) is 0 Å². The van der Waals surface area contributed by atoms with Gasteiger partial charge in [0.25, 0.3) is 0 Å². The molecule has 0 aromatic carbocycles. The first-order valence-electron chi connectivity index (χ1n) is 6.74. The molecular formula is C13H21NO6. The lowest BCUT2D eigenvalue weighted by atomic mass is 10.0. The molecule has 1 fully saturated rings. The smallest absolute Gasteiger partial charge is 0.326 e. The van der Waals surface area contributed by atoms with Crippen molar-refractivity contribution < 1.29 is 29.0 Å². The summed E-state index contributed by atoms with van der Waals surface area (Å²) in [6.45, 7) is 4.09. The highest BCUT2D eigenvalue weighted by molar-refractivity contribution is 5.85. The molecule has 0 aliphatic carbocycles. The van der Waals surface area contributed by atoms with Crippen LogP contribution in [0.3, 0.4) is 0 Å². The molecule has 114 valence electrons. The molecule has 0 aromatic rings. The number of carbonyl (C=O) groups excluding carboxylic acids is 2. The Morgan fingerprint density at radius 1 is 1.45 bits per heavy atom. The summed E-state index contributed by atoms with van der Waals surface area (Å²) in [6, 6.07) is -1.08. The van der Waals surface area contributed by atoms with Gasteiger partial charge in [-0.3, -0.25) is 9.59 Å². The average Bonchev–Trinajstić information content (AvgIpc) is 2.81. The predicted molar refractivity (Wildman–Crippen MR) is 69.0 cm³/mol. The molecule has 7 heteroatoms. The summed E-state index contributed by atoms with van der Waals surface area (Å²) in [7, 11) is 0. The molecule has 1 amide bonds. The highest BCUT2D eigenvalue weighted by atomic mass is 16.5. The Hall–Kier alpha value is -1.63. The number of hydrogen-bond acceptors (Lipinski definition) is 5. The second-order valence-corrected chi connectivity index (χ2v) is 4.82. The number of amides is 1. The average molecular weight is 287 g/mol. The number of carboxylic acid groups (broad SMARTS) is 1. The van der Waals surface area contributed by atoms with Crippen LogP contribution in [0.25, 0.3) is 0 Å². The lowest BCUT2D eigenvalue weighted by Crippen LogP contribution is -2.44. The molecule has 1 aliphatic rings. The van der Waals surface area contributed by atoms with Crippen molar-refractivity contribution in [2.75, 3.05) is 13.2 Å². The Balaban J connectivity index is 2.44. The van der Waals surface area contributed by atoms with Crippen molar-refractivity contribution in [1.29, 1.82) is 0 Å². The maximum atomic E-state index is 11.9. The number of esters is 1. The van der Waals surface area contributed by atoms with Crippen molar-refractivity contribution in [2.24, 2.45) is 5.92 Å². The second kappa shape index (κ2) is 7.84. The van der Waals surface area contributed by atoms with Crippen LogP contribution in [0.5, 0.6) is 0 Å². The number of carboxylic acids is 1. The SMILES string of the molecule is CCOC(=O)CC[C@H](NC(=O)C1COC(C)C1)C(=O)O. The monoisotopic (exact) mass is 287 g/mol. The third-order valence-electron chi connectivity index (χ3n) is 3.13. The first-order chi connectivity index (χ1) is 9.43. The van der Waals surface area contributed by atoms with E-state index >= 15 is 0 Å². The van der Waals surface area contributed by atoms with E-state index < -0.39 is 18.0 Å². The van der Waals surface area contributed by atoms with Gasteiger partial charge in [-0.1, -0.05) is 0 Å². The van der Waals surface area contributed by atoms with E-state index in [4.69, 9.17) is 14.6 Å². The van der Waals surface area contributed by atoms with Crippen LogP contribution in [0.4, 0.5) is 0 Å². The first kappa shape index (κ1) is 16.4. The van der Waals surface area contributed by atoms with Crippen molar-refractivity contribution >= 4 is 17.8 Å². The maximum Gasteiger partial charge on any atom is 0.326 e. The maximum absolute atomic E-state index is 11.9. The standard InChI is InChI=1S/C13H21NO6/c1-3-19-11(15)5-4-10(13(17)18)14-12(16)9-6-8(2)20-7-9/h8-10H,3-7H2,1-2H3,(H,14,16)(H,17,18)/t8?,9?,10-/m0/s1. The molecule has 2 N–H and O–H groups in total. The van der Waals surface area contributed by atoms with Gasteiger partial charge in [0, 0.05) is 6.42 Å². The number of rotatable bonds is 7. The van der Waals surface area contributed by atoms with Crippen LogP contribution in [0, 0.1) is 5.92 Å². The molecule has 1 saturated heterocycles. The van der Waals surface area contributed by atoms with E-state index in [9.17, 15) is 14.4 Å². The van der Waals surface area contributed by atoms with E-state index in [2.05, 4.69) is 5.32 Å². The van der Waals surface area contributed by atoms with Crippen molar-refractivity contribution in [2.45, 2.75) is 45.3 Å². The molecule has 0 radical (unpaired) electrons. The normalized spacial score (nSPS) is 23.1. The van der Waals surface area contributed by atoms with Gasteiger partial charge in [-0.15, -0.1) is 0 Å². The zero-order chi connectivity index (χ0) is 15.1. The summed E-state index contributed by atoms with van der Waals surface area (Å²) < 4.78 is 10.0. The summed E-state index contributed by atoms with van der Waals surface area (Å²) in [5, 5.41) is 11.5. The van der Waals surface area contributed by atoms with Gasteiger partial charge in [-0.25, -0.2) is 4.79 Å². The molecule has 0 bridgehead atoms. The van der Waals surface area contributed by atoms with E-state index in [0.29, 0.717) is 13.0 Å². The number of aliphatic carboxylic acids is 1. The minimum Gasteiger partial charge on any atom is -0.480 e. The Morgan fingerprint density at radius 3 is 2.65 bits per heavy atom. The first-order valence-corrected chi connectivity index (χ1v) is 6.74. The fourth-order valence-corrected chi connectivity index (χ4v) is 2.04. The van der Waals surface area contributed by atoms with Crippen LogP contribution < -0.4 is 5.32 Å². The van der Waals surface area contributed by atoms with Crippen molar-refractivity contribution in [1.82, 2.24) is 5.32 Å². The highest BCUT2D eigenvalue weighted by Gasteiger charge is 2.31. The molecule has 1 aliphatic heterocycles. The van der Waals surface area contributed by atoms with Gasteiger partial charge in [-0.05, 0) is 26.7 Å². The van der Waals surface area contributed by atoms with Gasteiger partial charge < -0.3 is 19.9 Å². The molecule has 2 unspecified atom stereocenters. The Kier molecular flexibility index (Phi) is 6.44.